The third-order valence-corrected chi connectivity index (χ3v) is 2.82. The number of carbonyl (C=O) groups excluding carboxylic acids is 1. The van der Waals surface area contributed by atoms with Gasteiger partial charge in [-0.15, -0.1) is 0 Å². The molecule has 0 saturated carbocycles. The van der Waals surface area contributed by atoms with E-state index >= 15 is 0 Å². The van der Waals surface area contributed by atoms with Crippen LogP contribution in [0.1, 0.15) is 24.3 Å². The van der Waals surface area contributed by atoms with Crippen molar-refractivity contribution in [2.75, 3.05) is 13.7 Å². The van der Waals surface area contributed by atoms with E-state index in [0.717, 1.165) is 12.0 Å². The van der Waals surface area contributed by atoms with Gasteiger partial charge >= 0.3 is 5.97 Å². The zero-order valence-electron chi connectivity index (χ0n) is 9.10. The van der Waals surface area contributed by atoms with Crippen molar-refractivity contribution < 1.29 is 19.4 Å². The standard InChI is InChI=1S/C12H14O4/c1-15-11(14)7-8-5-6-16-12-9(8)3-2-4-10(12)13/h2-4,8,13H,5-7H2,1H3. The van der Waals surface area contributed by atoms with E-state index in [1.165, 1.54) is 7.11 Å². The van der Waals surface area contributed by atoms with Crippen LogP contribution in [0.25, 0.3) is 0 Å². The maximum atomic E-state index is 11.2. The van der Waals surface area contributed by atoms with E-state index in [1.807, 2.05) is 6.07 Å². The number of para-hydroxylation sites is 1. The number of phenolic OH excluding ortho intramolecular Hbond substituents is 1. The first kappa shape index (κ1) is 10.8. The average molecular weight is 222 g/mol. The molecule has 0 saturated heterocycles. The zero-order chi connectivity index (χ0) is 11.5. The van der Waals surface area contributed by atoms with E-state index in [-0.39, 0.29) is 17.6 Å². The first-order valence-electron chi connectivity index (χ1n) is 5.24. The molecule has 4 heteroatoms. The summed E-state index contributed by atoms with van der Waals surface area (Å²) in [6, 6.07) is 5.22. The first-order chi connectivity index (χ1) is 7.72. The number of aromatic hydroxyl groups is 1. The number of fused-ring (bicyclic) bond motifs is 1. The normalized spacial score (nSPS) is 18.4. The maximum Gasteiger partial charge on any atom is 0.306 e. The number of hydrogen-bond acceptors (Lipinski definition) is 4. The summed E-state index contributed by atoms with van der Waals surface area (Å²) in [7, 11) is 1.38. The first-order valence-corrected chi connectivity index (χ1v) is 5.24. The Morgan fingerprint density at radius 3 is 3.19 bits per heavy atom. The van der Waals surface area contributed by atoms with Gasteiger partial charge in [-0.1, -0.05) is 12.1 Å². The second-order valence-electron chi connectivity index (χ2n) is 3.81. The Hall–Kier alpha value is -1.71. The van der Waals surface area contributed by atoms with Crippen molar-refractivity contribution in [3.05, 3.63) is 23.8 Å². The molecule has 0 aromatic heterocycles. The second kappa shape index (κ2) is 4.43. The Morgan fingerprint density at radius 2 is 2.44 bits per heavy atom. The molecule has 1 N–H and O–H groups in total. The molecular weight excluding hydrogens is 208 g/mol. The summed E-state index contributed by atoms with van der Waals surface area (Å²) in [5, 5.41) is 9.62. The minimum atomic E-state index is -0.235. The van der Waals surface area contributed by atoms with Crippen LogP contribution in [0.4, 0.5) is 0 Å². The van der Waals surface area contributed by atoms with Crippen LogP contribution >= 0.6 is 0 Å². The lowest BCUT2D eigenvalue weighted by Gasteiger charge is -2.25. The minimum absolute atomic E-state index is 0.0725. The molecule has 1 atom stereocenters. The molecule has 0 bridgehead atoms. The summed E-state index contributed by atoms with van der Waals surface area (Å²) < 4.78 is 10.1. The topological polar surface area (TPSA) is 55.8 Å². The zero-order valence-corrected chi connectivity index (χ0v) is 9.10. The fraction of sp³-hybridized carbons (Fsp3) is 0.417. The van der Waals surface area contributed by atoms with Gasteiger partial charge in [0.15, 0.2) is 11.5 Å². The van der Waals surface area contributed by atoms with E-state index < -0.39 is 0 Å². The van der Waals surface area contributed by atoms with Crippen LogP contribution in [0.3, 0.4) is 0 Å². The summed E-state index contributed by atoms with van der Waals surface area (Å²) in [4.78, 5) is 11.2. The molecule has 0 aliphatic carbocycles. The lowest BCUT2D eigenvalue weighted by Crippen LogP contribution is -2.17. The average Bonchev–Trinajstić information content (AvgIpc) is 2.30. The Bertz CT molecular complexity index is 400. The van der Waals surface area contributed by atoms with Gasteiger partial charge in [-0.2, -0.15) is 0 Å². The summed E-state index contributed by atoms with van der Waals surface area (Å²) in [6.07, 6.45) is 1.10. The number of esters is 1. The molecule has 16 heavy (non-hydrogen) atoms. The number of rotatable bonds is 2. The van der Waals surface area contributed by atoms with Gasteiger partial charge in [0, 0.05) is 11.5 Å². The minimum Gasteiger partial charge on any atom is -0.504 e. The lowest BCUT2D eigenvalue weighted by molar-refractivity contribution is -0.141. The Labute approximate surface area is 93.8 Å². The van der Waals surface area contributed by atoms with Gasteiger partial charge in [-0.3, -0.25) is 4.79 Å². The Kier molecular flexibility index (Phi) is 2.99. The number of methoxy groups -OCH3 is 1. The summed E-state index contributed by atoms with van der Waals surface area (Å²) in [5.41, 5.74) is 0.886. The van der Waals surface area contributed by atoms with Gasteiger partial charge in [-0.05, 0) is 12.5 Å². The summed E-state index contributed by atoms with van der Waals surface area (Å²) >= 11 is 0. The van der Waals surface area contributed by atoms with Gasteiger partial charge in [0.25, 0.3) is 0 Å². The third kappa shape index (κ3) is 1.96. The maximum absolute atomic E-state index is 11.2. The molecule has 1 aromatic carbocycles. The molecule has 0 spiro atoms. The molecule has 1 unspecified atom stereocenters. The van der Waals surface area contributed by atoms with Gasteiger partial charge in [0.2, 0.25) is 0 Å². The third-order valence-electron chi connectivity index (χ3n) is 2.82. The van der Waals surface area contributed by atoms with Gasteiger partial charge in [0.05, 0.1) is 20.1 Å². The van der Waals surface area contributed by atoms with Crippen LogP contribution < -0.4 is 4.74 Å². The quantitative estimate of drug-likeness (QED) is 0.775. The van der Waals surface area contributed by atoms with Crippen LogP contribution in [-0.2, 0) is 9.53 Å². The van der Waals surface area contributed by atoms with Crippen LogP contribution in [0.15, 0.2) is 18.2 Å². The van der Waals surface area contributed by atoms with Gasteiger partial charge in [-0.25, -0.2) is 0 Å². The molecule has 0 radical (unpaired) electrons. The second-order valence-corrected chi connectivity index (χ2v) is 3.81. The van der Waals surface area contributed by atoms with Crippen molar-refractivity contribution in [1.29, 1.82) is 0 Å². The van der Waals surface area contributed by atoms with Crippen molar-refractivity contribution >= 4 is 5.97 Å². The highest BCUT2D eigenvalue weighted by atomic mass is 16.5. The molecule has 86 valence electrons. The van der Waals surface area contributed by atoms with Crippen LogP contribution in [0, 0.1) is 0 Å². The van der Waals surface area contributed by atoms with Crippen LogP contribution in [0.2, 0.25) is 0 Å². The molecule has 1 heterocycles. The van der Waals surface area contributed by atoms with Crippen molar-refractivity contribution in [3.63, 3.8) is 0 Å². The number of phenols is 1. The number of ether oxygens (including phenoxy) is 2. The highest BCUT2D eigenvalue weighted by molar-refractivity contribution is 5.71. The largest absolute Gasteiger partial charge is 0.504 e. The van der Waals surface area contributed by atoms with Crippen LogP contribution in [0.5, 0.6) is 11.5 Å². The smallest absolute Gasteiger partial charge is 0.306 e. The van der Waals surface area contributed by atoms with Crippen molar-refractivity contribution in [2.24, 2.45) is 0 Å². The molecule has 1 aliphatic heterocycles. The van der Waals surface area contributed by atoms with Crippen LogP contribution in [-0.4, -0.2) is 24.8 Å². The number of carbonyl (C=O) groups is 1. The molecule has 0 amide bonds. The molecule has 4 nitrogen and oxygen atoms in total. The summed E-state index contributed by atoms with van der Waals surface area (Å²) in [5.74, 6) is 0.471. The van der Waals surface area contributed by atoms with Crippen molar-refractivity contribution in [1.82, 2.24) is 0 Å². The SMILES string of the molecule is COC(=O)CC1CCOc2c(O)cccc21. The van der Waals surface area contributed by atoms with Crippen molar-refractivity contribution in [3.8, 4) is 11.5 Å². The fourth-order valence-corrected chi connectivity index (χ4v) is 1.98. The monoisotopic (exact) mass is 222 g/mol. The molecule has 2 rings (SSSR count). The molecule has 0 fully saturated rings. The highest BCUT2D eigenvalue weighted by Gasteiger charge is 2.25. The van der Waals surface area contributed by atoms with E-state index in [2.05, 4.69) is 4.74 Å². The Balaban J connectivity index is 2.26. The fourth-order valence-electron chi connectivity index (χ4n) is 1.98. The van der Waals surface area contributed by atoms with Gasteiger partial charge in [0.1, 0.15) is 0 Å². The molecule has 1 aliphatic rings. The predicted octanol–water partition coefficient (Wildman–Crippen LogP) is 1.82. The van der Waals surface area contributed by atoms with E-state index in [4.69, 9.17) is 4.74 Å². The Morgan fingerprint density at radius 1 is 1.62 bits per heavy atom. The van der Waals surface area contributed by atoms with E-state index in [1.54, 1.807) is 12.1 Å². The predicted molar refractivity (Wildman–Crippen MR) is 57.6 cm³/mol. The summed E-state index contributed by atoms with van der Waals surface area (Å²) in [6.45, 7) is 0.520. The van der Waals surface area contributed by atoms with Crippen molar-refractivity contribution in [2.45, 2.75) is 18.8 Å². The number of benzene rings is 1. The number of hydrogen-bond donors (Lipinski definition) is 1. The molecule has 1 aromatic rings. The van der Waals surface area contributed by atoms with E-state index in [0.29, 0.717) is 18.8 Å². The van der Waals surface area contributed by atoms with E-state index in [9.17, 15) is 9.90 Å². The lowest BCUT2D eigenvalue weighted by atomic mass is 9.90. The van der Waals surface area contributed by atoms with Gasteiger partial charge < -0.3 is 14.6 Å². The molecular formula is C12H14O4. The highest BCUT2D eigenvalue weighted by Crippen LogP contribution is 2.41.